The first-order valence-corrected chi connectivity index (χ1v) is 12.2. The number of nitrogens with zero attached hydrogens (tertiary/aromatic N) is 2. The van der Waals surface area contributed by atoms with Crippen LogP contribution in [0.3, 0.4) is 0 Å². The molecule has 3 aromatic rings. The molecule has 1 aliphatic heterocycles. The van der Waals surface area contributed by atoms with Gasteiger partial charge in [0, 0.05) is 30.6 Å². The molecule has 1 N–H and O–H groups in total. The first-order chi connectivity index (χ1) is 15.3. The summed E-state index contributed by atoms with van der Waals surface area (Å²) in [6.45, 7) is 4.17. The first-order valence-electron chi connectivity index (χ1n) is 11.3. The quantitative estimate of drug-likeness (QED) is 0.630. The van der Waals surface area contributed by atoms with E-state index in [-0.39, 0.29) is 11.4 Å². The number of hydrogen-bond donors (Lipinski definition) is 1. The third-order valence-corrected chi connectivity index (χ3v) is 7.67. The summed E-state index contributed by atoms with van der Waals surface area (Å²) in [7, 11) is 0. The molecule has 0 bridgehead atoms. The zero-order valence-corrected chi connectivity index (χ0v) is 18.6. The van der Waals surface area contributed by atoms with Crippen LogP contribution in [-0.2, 0) is 4.74 Å². The number of thiophene rings is 1. The molecule has 2 aliphatic rings. The summed E-state index contributed by atoms with van der Waals surface area (Å²) in [5.74, 6) is -0.00499. The van der Waals surface area contributed by atoms with Gasteiger partial charge in [-0.2, -0.15) is 0 Å². The van der Waals surface area contributed by atoms with Gasteiger partial charge in [0.15, 0.2) is 0 Å². The zero-order valence-electron chi connectivity index (χ0n) is 17.8. The predicted octanol–water partition coefficient (Wildman–Crippen LogP) is 4.73. The number of rotatable bonds is 5. The topological polar surface area (TPSA) is 54.5 Å². The van der Waals surface area contributed by atoms with Crippen molar-refractivity contribution in [3.05, 3.63) is 53.4 Å². The van der Waals surface area contributed by atoms with E-state index in [0.29, 0.717) is 12.1 Å². The Bertz CT molecular complexity index is 1040. The van der Waals surface area contributed by atoms with E-state index < -0.39 is 0 Å². The van der Waals surface area contributed by atoms with Gasteiger partial charge in [0.05, 0.1) is 34.9 Å². The molecular weight excluding hydrogens is 406 g/mol. The fourth-order valence-corrected chi connectivity index (χ4v) is 5.79. The van der Waals surface area contributed by atoms with Crippen LogP contribution in [0.15, 0.2) is 47.8 Å². The lowest BCUT2D eigenvalue weighted by molar-refractivity contribution is -0.0361. The molecule has 2 aromatic heterocycles. The Morgan fingerprint density at radius 2 is 1.90 bits per heavy atom. The number of amides is 1. The average Bonchev–Trinajstić information content (AvgIpc) is 3.38. The molecule has 0 atom stereocenters. The van der Waals surface area contributed by atoms with Crippen LogP contribution in [0, 0.1) is 0 Å². The highest BCUT2D eigenvalue weighted by molar-refractivity contribution is 7.13. The van der Waals surface area contributed by atoms with Crippen molar-refractivity contribution < 1.29 is 9.53 Å². The third-order valence-electron chi connectivity index (χ3n) is 6.78. The lowest BCUT2D eigenvalue weighted by atomic mass is 9.79. The van der Waals surface area contributed by atoms with Gasteiger partial charge in [-0.3, -0.25) is 9.69 Å². The van der Waals surface area contributed by atoms with Gasteiger partial charge >= 0.3 is 0 Å². The van der Waals surface area contributed by atoms with Crippen LogP contribution in [0.2, 0.25) is 0 Å². The largest absolute Gasteiger partial charge is 0.379 e. The Kier molecular flexibility index (Phi) is 6.03. The SMILES string of the molecule is O=C(NCC1(N2CCOCC2)CCCCC1)c1cc(-c2cccs2)nc2ccccc12. The Morgan fingerprint density at radius 3 is 2.68 bits per heavy atom. The van der Waals surface area contributed by atoms with E-state index in [1.807, 2.05) is 41.8 Å². The highest BCUT2D eigenvalue weighted by atomic mass is 32.1. The van der Waals surface area contributed by atoms with Gasteiger partial charge in [0.25, 0.3) is 5.91 Å². The molecule has 0 radical (unpaired) electrons. The minimum atomic E-state index is -0.00499. The van der Waals surface area contributed by atoms with Crippen LogP contribution in [0.5, 0.6) is 0 Å². The van der Waals surface area contributed by atoms with Crippen molar-refractivity contribution in [2.24, 2.45) is 0 Å². The molecule has 5 nitrogen and oxygen atoms in total. The summed E-state index contributed by atoms with van der Waals surface area (Å²) in [5, 5.41) is 6.28. The molecule has 1 saturated carbocycles. The lowest BCUT2D eigenvalue weighted by Crippen LogP contribution is -2.59. The van der Waals surface area contributed by atoms with Crippen LogP contribution >= 0.6 is 11.3 Å². The van der Waals surface area contributed by atoms with Gasteiger partial charge in [0.2, 0.25) is 0 Å². The zero-order chi connectivity index (χ0) is 21.1. The van der Waals surface area contributed by atoms with Crippen molar-refractivity contribution in [1.82, 2.24) is 15.2 Å². The Morgan fingerprint density at radius 1 is 1.10 bits per heavy atom. The number of carbonyl (C=O) groups is 1. The molecule has 0 spiro atoms. The van der Waals surface area contributed by atoms with Crippen molar-refractivity contribution in [2.75, 3.05) is 32.8 Å². The number of morpholine rings is 1. The number of fused-ring (bicyclic) bond motifs is 1. The van der Waals surface area contributed by atoms with Gasteiger partial charge in [0.1, 0.15) is 0 Å². The Labute approximate surface area is 187 Å². The molecule has 1 aliphatic carbocycles. The number of para-hydroxylation sites is 1. The molecule has 0 unspecified atom stereocenters. The van der Waals surface area contributed by atoms with E-state index in [2.05, 4.69) is 16.3 Å². The van der Waals surface area contributed by atoms with E-state index in [1.165, 1.54) is 19.3 Å². The van der Waals surface area contributed by atoms with E-state index in [0.717, 1.165) is 60.6 Å². The maximum absolute atomic E-state index is 13.5. The standard InChI is InChI=1S/C25H29N3O2S/c29-24(26-18-25(10-4-1-5-11-25)28-12-14-30-15-13-28)20-17-22(23-9-6-16-31-23)27-21-8-3-2-7-19(20)21/h2-3,6-9,16-17H,1,4-5,10-15,18H2,(H,26,29). The predicted molar refractivity (Wildman–Crippen MR) is 126 cm³/mol. The lowest BCUT2D eigenvalue weighted by Gasteiger charge is -2.48. The fraction of sp³-hybridized carbons (Fsp3) is 0.440. The summed E-state index contributed by atoms with van der Waals surface area (Å²) >= 11 is 1.65. The number of pyridine rings is 1. The highest BCUT2D eigenvalue weighted by Gasteiger charge is 2.39. The summed E-state index contributed by atoms with van der Waals surface area (Å²) in [5.41, 5.74) is 2.48. The van der Waals surface area contributed by atoms with Crippen LogP contribution in [-0.4, -0.2) is 54.2 Å². The molecule has 162 valence electrons. The van der Waals surface area contributed by atoms with Crippen LogP contribution in [0.25, 0.3) is 21.5 Å². The molecule has 3 heterocycles. The molecule has 1 saturated heterocycles. The Hall–Kier alpha value is -2.28. The third kappa shape index (κ3) is 4.25. The normalized spacial score (nSPS) is 19.4. The number of nitrogens with one attached hydrogen (secondary N) is 1. The highest BCUT2D eigenvalue weighted by Crippen LogP contribution is 2.34. The van der Waals surface area contributed by atoms with E-state index in [9.17, 15) is 4.79 Å². The minimum Gasteiger partial charge on any atom is -0.379 e. The van der Waals surface area contributed by atoms with Gasteiger partial charge in [-0.15, -0.1) is 11.3 Å². The van der Waals surface area contributed by atoms with Crippen molar-refractivity contribution in [2.45, 2.75) is 37.6 Å². The van der Waals surface area contributed by atoms with Gasteiger partial charge in [-0.05, 0) is 36.4 Å². The minimum absolute atomic E-state index is 0.00499. The van der Waals surface area contributed by atoms with E-state index in [1.54, 1.807) is 11.3 Å². The molecule has 1 amide bonds. The number of hydrogen-bond acceptors (Lipinski definition) is 5. The van der Waals surface area contributed by atoms with Crippen LogP contribution < -0.4 is 5.32 Å². The van der Waals surface area contributed by atoms with Crippen LogP contribution in [0.1, 0.15) is 42.5 Å². The Balaban J connectivity index is 1.43. The van der Waals surface area contributed by atoms with Crippen molar-refractivity contribution in [1.29, 1.82) is 0 Å². The second kappa shape index (κ2) is 9.07. The molecule has 31 heavy (non-hydrogen) atoms. The smallest absolute Gasteiger partial charge is 0.252 e. The van der Waals surface area contributed by atoms with Crippen molar-refractivity contribution in [3.63, 3.8) is 0 Å². The maximum Gasteiger partial charge on any atom is 0.252 e. The summed E-state index contributed by atoms with van der Waals surface area (Å²) < 4.78 is 5.59. The second-order valence-corrected chi connectivity index (χ2v) is 9.56. The number of carbonyl (C=O) groups excluding carboxylic acids is 1. The van der Waals surface area contributed by atoms with Gasteiger partial charge in [-0.25, -0.2) is 4.98 Å². The monoisotopic (exact) mass is 435 g/mol. The van der Waals surface area contributed by atoms with Crippen LogP contribution in [0.4, 0.5) is 0 Å². The molecule has 1 aromatic carbocycles. The van der Waals surface area contributed by atoms with E-state index >= 15 is 0 Å². The first kappa shape index (κ1) is 20.6. The molecule has 6 heteroatoms. The second-order valence-electron chi connectivity index (χ2n) is 8.62. The van der Waals surface area contributed by atoms with Crippen molar-refractivity contribution >= 4 is 28.1 Å². The van der Waals surface area contributed by atoms with Gasteiger partial charge < -0.3 is 10.1 Å². The maximum atomic E-state index is 13.5. The average molecular weight is 436 g/mol. The molecular formula is C25H29N3O2S. The number of ether oxygens (including phenoxy) is 1. The summed E-state index contributed by atoms with van der Waals surface area (Å²) in [6, 6.07) is 14.0. The molecule has 2 fully saturated rings. The fourth-order valence-electron chi connectivity index (χ4n) is 5.11. The van der Waals surface area contributed by atoms with Crippen molar-refractivity contribution in [3.8, 4) is 10.6 Å². The summed E-state index contributed by atoms with van der Waals surface area (Å²) in [6.07, 6.45) is 6.04. The number of aromatic nitrogens is 1. The number of benzene rings is 1. The van der Waals surface area contributed by atoms with E-state index in [4.69, 9.17) is 9.72 Å². The molecule has 5 rings (SSSR count). The van der Waals surface area contributed by atoms with Gasteiger partial charge in [-0.1, -0.05) is 43.5 Å². The summed E-state index contributed by atoms with van der Waals surface area (Å²) in [4.78, 5) is 21.9.